The first-order valence-corrected chi connectivity index (χ1v) is 11.9. The number of nitrogens with zero attached hydrogens (tertiary/aromatic N) is 1. The number of carbonyl (C=O) groups is 2. The number of halogens is 2. The number of aryl methyl sites for hydroxylation is 1. The lowest BCUT2D eigenvalue weighted by atomic mass is 9.91. The normalized spacial score (nSPS) is 19.3. The zero-order valence-electron chi connectivity index (χ0n) is 16.6. The summed E-state index contributed by atoms with van der Waals surface area (Å²) >= 11 is 11.9. The highest BCUT2D eigenvalue weighted by molar-refractivity contribution is 7.91. The lowest BCUT2D eigenvalue weighted by molar-refractivity contribution is -0.130. The fraction of sp³-hybridized carbons (Fsp3) is 0.333. The number of sulfone groups is 1. The third-order valence-electron chi connectivity index (χ3n) is 5.16. The minimum atomic E-state index is -3.85. The summed E-state index contributed by atoms with van der Waals surface area (Å²) in [4.78, 5) is 26.3. The minimum absolute atomic E-state index is 0.0357. The van der Waals surface area contributed by atoms with Crippen LogP contribution in [0.5, 0.6) is 0 Å². The molecule has 1 atom stereocenters. The minimum Gasteiger partial charge on any atom is -0.319 e. The number of imide groups is 1. The van der Waals surface area contributed by atoms with Crippen LogP contribution in [-0.2, 0) is 26.6 Å². The van der Waals surface area contributed by atoms with E-state index in [4.69, 9.17) is 23.2 Å². The number of rotatable bonds is 7. The van der Waals surface area contributed by atoms with Gasteiger partial charge >= 0.3 is 6.03 Å². The molecule has 2 aromatic carbocycles. The maximum Gasteiger partial charge on any atom is 0.325 e. The monoisotopic (exact) mass is 468 g/mol. The molecule has 1 aliphatic heterocycles. The van der Waals surface area contributed by atoms with Crippen LogP contribution in [0.1, 0.15) is 31.4 Å². The first-order valence-electron chi connectivity index (χ1n) is 9.50. The molecule has 0 bridgehead atoms. The van der Waals surface area contributed by atoms with Gasteiger partial charge in [-0.15, -0.1) is 0 Å². The largest absolute Gasteiger partial charge is 0.325 e. The van der Waals surface area contributed by atoms with E-state index in [9.17, 15) is 18.0 Å². The summed E-state index contributed by atoms with van der Waals surface area (Å²) in [5, 5.41) is 2.95. The Bertz CT molecular complexity index is 1090. The van der Waals surface area contributed by atoms with Gasteiger partial charge < -0.3 is 5.32 Å². The molecule has 1 fully saturated rings. The first-order chi connectivity index (χ1) is 14.1. The molecule has 1 aliphatic rings. The van der Waals surface area contributed by atoms with Gasteiger partial charge in [-0.2, -0.15) is 0 Å². The van der Waals surface area contributed by atoms with Gasteiger partial charge in [-0.25, -0.2) is 13.2 Å². The zero-order chi connectivity index (χ0) is 22.1. The Kier molecular flexibility index (Phi) is 6.45. The molecule has 0 aliphatic carbocycles. The van der Waals surface area contributed by atoms with Crippen molar-refractivity contribution in [2.45, 2.75) is 37.1 Å². The molecule has 3 amide bonds. The van der Waals surface area contributed by atoms with Crippen LogP contribution in [0.25, 0.3) is 0 Å². The van der Waals surface area contributed by atoms with E-state index < -0.39 is 33.1 Å². The van der Waals surface area contributed by atoms with E-state index in [0.717, 1.165) is 23.3 Å². The van der Waals surface area contributed by atoms with Crippen LogP contribution < -0.4 is 5.32 Å². The van der Waals surface area contributed by atoms with E-state index >= 15 is 0 Å². The highest BCUT2D eigenvalue weighted by Gasteiger charge is 2.49. The number of benzene rings is 2. The average molecular weight is 469 g/mol. The summed E-state index contributed by atoms with van der Waals surface area (Å²) in [6, 6.07) is 11.0. The van der Waals surface area contributed by atoms with Crippen molar-refractivity contribution in [1.82, 2.24) is 10.2 Å². The fourth-order valence-electron chi connectivity index (χ4n) is 3.43. The standard InChI is InChI=1S/C21H22Cl2N2O4S/c1-3-4-14-5-7-15(8-6-14)21(2)19(26)25(20(27)24-21)11-12-30(28,29)18-13-16(22)9-10-17(18)23/h5-10,13H,3-4,11-12H2,1-2H3,(H,24,27). The molecule has 2 aromatic rings. The Morgan fingerprint density at radius 1 is 1.07 bits per heavy atom. The number of amides is 3. The molecule has 0 aromatic heterocycles. The van der Waals surface area contributed by atoms with Crippen LogP contribution in [0.3, 0.4) is 0 Å². The molecule has 0 saturated carbocycles. The van der Waals surface area contributed by atoms with E-state index in [1.165, 1.54) is 18.2 Å². The second-order valence-electron chi connectivity index (χ2n) is 7.35. The third-order valence-corrected chi connectivity index (χ3v) is 7.56. The van der Waals surface area contributed by atoms with Crippen LogP contribution in [0, 0.1) is 0 Å². The van der Waals surface area contributed by atoms with Gasteiger partial charge in [0.1, 0.15) is 5.54 Å². The van der Waals surface area contributed by atoms with Gasteiger partial charge in [0.05, 0.1) is 15.7 Å². The van der Waals surface area contributed by atoms with Gasteiger partial charge in [0.25, 0.3) is 5.91 Å². The summed E-state index contributed by atoms with van der Waals surface area (Å²) in [5.74, 6) is -0.958. The summed E-state index contributed by atoms with van der Waals surface area (Å²) in [6.07, 6.45) is 1.93. The lowest BCUT2D eigenvalue weighted by Crippen LogP contribution is -2.41. The van der Waals surface area contributed by atoms with Gasteiger partial charge in [0.15, 0.2) is 9.84 Å². The number of hydrogen-bond acceptors (Lipinski definition) is 4. The van der Waals surface area contributed by atoms with Crippen LogP contribution in [0.15, 0.2) is 47.4 Å². The van der Waals surface area contributed by atoms with E-state index in [1.54, 1.807) is 6.92 Å². The SMILES string of the molecule is CCCc1ccc(C2(C)NC(=O)N(CCS(=O)(=O)c3cc(Cl)ccc3Cl)C2=O)cc1. The number of hydrogen-bond donors (Lipinski definition) is 1. The number of carbonyl (C=O) groups excluding carboxylic acids is 2. The third kappa shape index (κ3) is 4.33. The molecule has 1 heterocycles. The summed E-state index contributed by atoms with van der Waals surface area (Å²) in [7, 11) is -3.85. The van der Waals surface area contributed by atoms with Crippen molar-refractivity contribution in [2.24, 2.45) is 0 Å². The highest BCUT2D eigenvalue weighted by Crippen LogP contribution is 2.30. The van der Waals surface area contributed by atoms with Crippen LogP contribution in [0.2, 0.25) is 10.0 Å². The van der Waals surface area contributed by atoms with Gasteiger partial charge in [-0.1, -0.05) is 60.8 Å². The van der Waals surface area contributed by atoms with Crippen molar-refractivity contribution < 1.29 is 18.0 Å². The predicted octanol–water partition coefficient (Wildman–Crippen LogP) is 4.19. The predicted molar refractivity (Wildman–Crippen MR) is 117 cm³/mol. The maximum atomic E-state index is 13.0. The molecule has 0 spiro atoms. The molecule has 6 nitrogen and oxygen atoms in total. The summed E-state index contributed by atoms with van der Waals surface area (Å²) in [6.45, 7) is 3.40. The van der Waals surface area contributed by atoms with Gasteiger partial charge in [0, 0.05) is 11.6 Å². The Morgan fingerprint density at radius 2 is 1.73 bits per heavy atom. The first kappa shape index (κ1) is 22.6. The second-order valence-corrected chi connectivity index (χ2v) is 10.3. The van der Waals surface area contributed by atoms with Gasteiger partial charge in [0.2, 0.25) is 0 Å². The van der Waals surface area contributed by atoms with E-state index in [1.807, 2.05) is 24.3 Å². The van der Waals surface area contributed by atoms with E-state index in [-0.39, 0.29) is 21.5 Å². The Labute approximate surface area is 186 Å². The molecule has 1 unspecified atom stereocenters. The molecule has 3 rings (SSSR count). The summed E-state index contributed by atoms with van der Waals surface area (Å²) < 4.78 is 25.4. The van der Waals surface area contributed by atoms with Gasteiger partial charge in [-0.05, 0) is 42.7 Å². The average Bonchev–Trinajstić information content (AvgIpc) is 2.92. The molecule has 1 saturated heterocycles. The Balaban J connectivity index is 1.78. The van der Waals surface area contributed by atoms with Crippen molar-refractivity contribution in [3.63, 3.8) is 0 Å². The Morgan fingerprint density at radius 3 is 2.37 bits per heavy atom. The number of urea groups is 1. The van der Waals surface area contributed by atoms with E-state index in [0.29, 0.717) is 5.56 Å². The van der Waals surface area contributed by atoms with Crippen molar-refractivity contribution in [3.05, 3.63) is 63.6 Å². The highest BCUT2D eigenvalue weighted by atomic mass is 35.5. The molecule has 1 N–H and O–H groups in total. The van der Waals surface area contributed by atoms with Crippen molar-refractivity contribution in [3.8, 4) is 0 Å². The quantitative estimate of drug-likeness (QED) is 0.617. The second kappa shape index (κ2) is 8.57. The molecule has 9 heteroatoms. The van der Waals surface area contributed by atoms with Crippen LogP contribution in [-0.4, -0.2) is 37.6 Å². The maximum absolute atomic E-state index is 13.0. The van der Waals surface area contributed by atoms with Crippen molar-refractivity contribution in [2.75, 3.05) is 12.3 Å². The molecule has 160 valence electrons. The topological polar surface area (TPSA) is 83.6 Å². The molecular weight excluding hydrogens is 447 g/mol. The van der Waals surface area contributed by atoms with Crippen molar-refractivity contribution >= 4 is 45.0 Å². The fourth-order valence-corrected chi connectivity index (χ4v) is 5.45. The van der Waals surface area contributed by atoms with Crippen LogP contribution >= 0.6 is 23.2 Å². The lowest BCUT2D eigenvalue weighted by Gasteiger charge is -2.22. The van der Waals surface area contributed by atoms with Crippen molar-refractivity contribution in [1.29, 1.82) is 0 Å². The molecule has 0 radical (unpaired) electrons. The van der Waals surface area contributed by atoms with Crippen LogP contribution in [0.4, 0.5) is 4.79 Å². The Hall–Kier alpha value is -2.09. The zero-order valence-corrected chi connectivity index (χ0v) is 18.9. The number of nitrogens with one attached hydrogen (secondary N) is 1. The molecule has 30 heavy (non-hydrogen) atoms. The summed E-state index contributed by atoms with van der Waals surface area (Å²) in [5.41, 5.74) is 0.533. The van der Waals surface area contributed by atoms with Gasteiger partial charge in [-0.3, -0.25) is 9.69 Å². The van der Waals surface area contributed by atoms with E-state index in [2.05, 4.69) is 12.2 Å². The smallest absolute Gasteiger partial charge is 0.319 e. The molecular formula is C21H22Cl2N2O4S.